The Morgan fingerprint density at radius 1 is 1.14 bits per heavy atom. The topological polar surface area (TPSA) is 54.7 Å². The van der Waals surface area contributed by atoms with Crippen LogP contribution in [0.25, 0.3) is 5.65 Å². The third kappa shape index (κ3) is 6.52. The van der Waals surface area contributed by atoms with Crippen molar-refractivity contribution in [3.63, 3.8) is 0 Å². The van der Waals surface area contributed by atoms with Crippen LogP contribution in [0.2, 0.25) is 0 Å². The van der Waals surface area contributed by atoms with E-state index in [9.17, 15) is 9.59 Å². The number of imidazole rings is 1. The summed E-state index contributed by atoms with van der Waals surface area (Å²) in [5.74, 6) is 0.835. The van der Waals surface area contributed by atoms with Crippen LogP contribution >= 0.6 is 35.9 Å². The first kappa shape index (κ1) is 23.8. The van der Waals surface area contributed by atoms with Gasteiger partial charge in [0.25, 0.3) is 11.1 Å². The zero-order chi connectivity index (χ0) is 19.8. The quantitative estimate of drug-likeness (QED) is 0.231. The van der Waals surface area contributed by atoms with E-state index in [1.54, 1.807) is 18.0 Å². The lowest BCUT2D eigenvalue weighted by Gasteiger charge is -2.12. The molecule has 2 amide bonds. The minimum atomic E-state index is -0.124. The van der Waals surface area contributed by atoms with Crippen molar-refractivity contribution in [3.05, 3.63) is 41.6 Å². The van der Waals surface area contributed by atoms with Crippen LogP contribution < -0.4 is 0 Å². The van der Waals surface area contributed by atoms with Gasteiger partial charge in [-0.25, -0.2) is 4.98 Å². The van der Waals surface area contributed by atoms with Crippen LogP contribution in [-0.4, -0.2) is 37.7 Å². The van der Waals surface area contributed by atoms with Crippen LogP contribution in [0.15, 0.2) is 46.6 Å². The van der Waals surface area contributed by atoms with Crippen LogP contribution in [0.5, 0.6) is 0 Å². The summed E-state index contributed by atoms with van der Waals surface area (Å²) >= 11 is 2.87. The molecule has 29 heavy (non-hydrogen) atoms. The van der Waals surface area contributed by atoms with Crippen molar-refractivity contribution in [2.24, 2.45) is 0 Å². The van der Waals surface area contributed by atoms with E-state index in [2.05, 4.69) is 22.4 Å². The number of imide groups is 1. The Hall–Kier alpha value is -1.44. The maximum Gasteiger partial charge on any atom is 0.293 e. The number of pyridine rings is 1. The van der Waals surface area contributed by atoms with Crippen LogP contribution in [0, 0.1) is 0 Å². The fourth-order valence-electron chi connectivity index (χ4n) is 3.12. The highest BCUT2D eigenvalue weighted by Crippen LogP contribution is 2.31. The standard InChI is InChI=1S/C21H27N3O2S2.ClH/c1-2-3-4-5-6-10-17-20(25)24(21(26)28-17)14-7-8-16-27-19-12-9-11-18-22-13-15-23(18)19;/h9-13,15H,2-8,14,16H2,1H3;1H/b17-10+;. The number of carbonyl (C=O) groups is 2. The number of hydrogen-bond acceptors (Lipinski definition) is 5. The van der Waals surface area contributed by atoms with Gasteiger partial charge in [-0.05, 0) is 55.3 Å². The number of aromatic nitrogens is 2. The van der Waals surface area contributed by atoms with E-state index < -0.39 is 0 Å². The van der Waals surface area contributed by atoms with Gasteiger partial charge in [0, 0.05) is 18.9 Å². The fraction of sp³-hybridized carbons (Fsp3) is 0.476. The normalized spacial score (nSPS) is 15.5. The lowest BCUT2D eigenvalue weighted by Crippen LogP contribution is -2.29. The van der Waals surface area contributed by atoms with Crippen molar-refractivity contribution >= 4 is 52.7 Å². The highest BCUT2D eigenvalue weighted by atomic mass is 35.5. The van der Waals surface area contributed by atoms with Crippen molar-refractivity contribution in [2.45, 2.75) is 56.9 Å². The number of amides is 2. The van der Waals surface area contributed by atoms with Gasteiger partial charge in [-0.15, -0.1) is 24.2 Å². The number of carbonyl (C=O) groups excluding carboxylic acids is 2. The monoisotopic (exact) mass is 453 g/mol. The second-order valence-electron chi connectivity index (χ2n) is 6.82. The van der Waals surface area contributed by atoms with Gasteiger partial charge in [0.15, 0.2) is 0 Å². The molecule has 8 heteroatoms. The lowest BCUT2D eigenvalue weighted by molar-refractivity contribution is -0.122. The zero-order valence-corrected chi connectivity index (χ0v) is 19.2. The van der Waals surface area contributed by atoms with Crippen LogP contribution in [0.3, 0.4) is 0 Å². The number of unbranched alkanes of at least 4 members (excludes halogenated alkanes) is 5. The first-order valence-corrected chi connectivity index (χ1v) is 11.8. The molecule has 2 aromatic heterocycles. The average Bonchev–Trinajstić information content (AvgIpc) is 3.27. The molecular formula is C21H28ClN3O2S2. The largest absolute Gasteiger partial charge is 0.294 e. The first-order valence-electron chi connectivity index (χ1n) is 9.99. The Morgan fingerprint density at radius 3 is 2.83 bits per heavy atom. The molecule has 0 saturated carbocycles. The summed E-state index contributed by atoms with van der Waals surface area (Å²) in [6.07, 6.45) is 13.1. The molecule has 3 heterocycles. The van der Waals surface area contributed by atoms with Crippen molar-refractivity contribution in [3.8, 4) is 0 Å². The molecule has 1 aliphatic rings. The highest BCUT2D eigenvalue weighted by Gasteiger charge is 2.34. The van der Waals surface area contributed by atoms with Crippen LogP contribution in [0.4, 0.5) is 4.79 Å². The number of halogens is 1. The Kier molecular flexibility index (Phi) is 10.1. The van der Waals surface area contributed by atoms with Crippen molar-refractivity contribution in [1.82, 2.24) is 14.3 Å². The van der Waals surface area contributed by atoms with Gasteiger partial charge in [0.05, 0.1) is 9.93 Å². The number of fused-ring (bicyclic) bond motifs is 1. The van der Waals surface area contributed by atoms with E-state index in [1.165, 1.54) is 24.2 Å². The molecule has 0 aromatic carbocycles. The van der Waals surface area contributed by atoms with Gasteiger partial charge in [-0.3, -0.25) is 18.9 Å². The van der Waals surface area contributed by atoms with Gasteiger partial charge >= 0.3 is 0 Å². The fourth-order valence-corrected chi connectivity index (χ4v) is 5.02. The van der Waals surface area contributed by atoms with Crippen LogP contribution in [-0.2, 0) is 4.79 Å². The summed E-state index contributed by atoms with van der Waals surface area (Å²) in [5.41, 5.74) is 0.948. The Morgan fingerprint density at radius 2 is 2.00 bits per heavy atom. The number of rotatable bonds is 11. The third-order valence-electron chi connectivity index (χ3n) is 4.68. The lowest BCUT2D eigenvalue weighted by atomic mass is 10.1. The molecule has 0 unspecified atom stereocenters. The Bertz CT molecular complexity index is 853. The number of hydrogen-bond donors (Lipinski definition) is 0. The molecule has 0 N–H and O–H groups in total. The number of nitrogens with zero attached hydrogens (tertiary/aromatic N) is 3. The molecule has 1 aliphatic heterocycles. The molecule has 158 valence electrons. The molecule has 1 saturated heterocycles. The van der Waals surface area contributed by atoms with Gasteiger partial charge in [0.1, 0.15) is 5.65 Å². The minimum Gasteiger partial charge on any atom is -0.294 e. The van der Waals surface area contributed by atoms with E-state index in [-0.39, 0.29) is 23.6 Å². The maximum atomic E-state index is 12.4. The van der Waals surface area contributed by atoms with E-state index in [0.717, 1.165) is 53.9 Å². The van der Waals surface area contributed by atoms with E-state index in [0.29, 0.717) is 11.4 Å². The minimum absolute atomic E-state index is 0. The smallest absolute Gasteiger partial charge is 0.293 e. The maximum absolute atomic E-state index is 12.4. The summed E-state index contributed by atoms with van der Waals surface area (Å²) in [4.78, 5) is 30.9. The number of allylic oxidation sites excluding steroid dienone is 1. The van der Waals surface area contributed by atoms with Crippen molar-refractivity contribution in [2.75, 3.05) is 12.3 Å². The van der Waals surface area contributed by atoms with E-state index in [4.69, 9.17) is 0 Å². The molecule has 1 fully saturated rings. The average molecular weight is 454 g/mol. The molecule has 0 spiro atoms. The molecule has 2 aromatic rings. The van der Waals surface area contributed by atoms with Gasteiger partial charge in [-0.1, -0.05) is 38.3 Å². The molecule has 0 atom stereocenters. The molecule has 0 aliphatic carbocycles. The number of thioether (sulfide) groups is 2. The molecular weight excluding hydrogens is 426 g/mol. The van der Waals surface area contributed by atoms with Crippen molar-refractivity contribution < 1.29 is 9.59 Å². The summed E-state index contributed by atoms with van der Waals surface area (Å²) in [6, 6.07) is 6.09. The summed E-state index contributed by atoms with van der Waals surface area (Å²) in [7, 11) is 0. The SMILES string of the molecule is CCCCCC/C=C1/SC(=O)N(CCCCSc2cccc3nccn23)C1=O.Cl. The highest BCUT2D eigenvalue weighted by molar-refractivity contribution is 8.18. The summed E-state index contributed by atoms with van der Waals surface area (Å²) in [6.45, 7) is 2.69. The van der Waals surface area contributed by atoms with Gasteiger partial charge in [0.2, 0.25) is 0 Å². The van der Waals surface area contributed by atoms with E-state index in [1.807, 2.05) is 24.4 Å². The Labute approximate surface area is 187 Å². The van der Waals surface area contributed by atoms with Crippen molar-refractivity contribution in [1.29, 1.82) is 0 Å². The second kappa shape index (κ2) is 12.3. The first-order chi connectivity index (χ1) is 13.7. The molecule has 0 bridgehead atoms. The third-order valence-corrected chi connectivity index (χ3v) is 6.76. The van der Waals surface area contributed by atoms with Crippen LogP contribution in [0.1, 0.15) is 51.9 Å². The molecule has 0 radical (unpaired) electrons. The summed E-state index contributed by atoms with van der Waals surface area (Å²) < 4.78 is 2.08. The second-order valence-corrected chi connectivity index (χ2v) is 8.93. The predicted molar refractivity (Wildman–Crippen MR) is 124 cm³/mol. The Balaban J connectivity index is 0.00000300. The molecule has 3 rings (SSSR count). The van der Waals surface area contributed by atoms with E-state index >= 15 is 0 Å². The predicted octanol–water partition coefficient (Wildman–Crippen LogP) is 6.18. The summed E-state index contributed by atoms with van der Waals surface area (Å²) in [5, 5.41) is 1.04. The van der Waals surface area contributed by atoms with Gasteiger partial charge in [-0.2, -0.15) is 0 Å². The molecule has 5 nitrogen and oxygen atoms in total. The van der Waals surface area contributed by atoms with Gasteiger partial charge < -0.3 is 0 Å². The zero-order valence-electron chi connectivity index (χ0n) is 16.7.